The zero-order valence-electron chi connectivity index (χ0n) is 5.11. The molecule has 3 N–H and O–H groups in total. The third kappa shape index (κ3) is 5.92. The summed E-state index contributed by atoms with van der Waals surface area (Å²) >= 11 is 0. The SMILES string of the molecule is CCOC[C@H](C)[NH3+]. The molecule has 0 heterocycles. The summed E-state index contributed by atoms with van der Waals surface area (Å²) in [4.78, 5) is 0. The van der Waals surface area contributed by atoms with E-state index >= 15 is 0 Å². The molecule has 0 aliphatic carbocycles. The zero-order chi connectivity index (χ0) is 5.70. The Hall–Kier alpha value is -0.0800. The minimum Gasteiger partial charge on any atom is -0.376 e. The third-order valence-electron chi connectivity index (χ3n) is 0.606. The van der Waals surface area contributed by atoms with Crippen LogP contribution in [0.3, 0.4) is 0 Å². The van der Waals surface area contributed by atoms with Crippen molar-refractivity contribution in [3.63, 3.8) is 0 Å². The largest absolute Gasteiger partial charge is 0.376 e. The highest BCUT2D eigenvalue weighted by atomic mass is 16.5. The molecule has 0 aliphatic rings. The van der Waals surface area contributed by atoms with Crippen LogP contribution in [0.4, 0.5) is 0 Å². The lowest BCUT2D eigenvalue weighted by atomic mass is 10.4. The highest BCUT2D eigenvalue weighted by Crippen LogP contribution is 1.73. The lowest BCUT2D eigenvalue weighted by Crippen LogP contribution is -2.61. The molecule has 0 radical (unpaired) electrons. The quantitative estimate of drug-likeness (QED) is 0.522. The second-order valence-electron chi connectivity index (χ2n) is 1.76. The van der Waals surface area contributed by atoms with Crippen molar-refractivity contribution in [2.45, 2.75) is 19.9 Å². The van der Waals surface area contributed by atoms with E-state index in [9.17, 15) is 0 Å². The van der Waals surface area contributed by atoms with Gasteiger partial charge in [-0.2, -0.15) is 0 Å². The summed E-state index contributed by atoms with van der Waals surface area (Å²) in [6.07, 6.45) is 0. The normalized spacial score (nSPS) is 14.1. The fourth-order valence-corrected chi connectivity index (χ4v) is 0.319. The first kappa shape index (κ1) is 6.92. The van der Waals surface area contributed by atoms with Crippen molar-refractivity contribution < 1.29 is 10.5 Å². The van der Waals surface area contributed by atoms with Crippen LogP contribution in [0, 0.1) is 0 Å². The van der Waals surface area contributed by atoms with Crippen LogP contribution in [0.2, 0.25) is 0 Å². The Labute approximate surface area is 44.7 Å². The second kappa shape index (κ2) is 4.09. The van der Waals surface area contributed by atoms with Crippen LogP contribution < -0.4 is 5.73 Å². The standard InChI is InChI=1S/C5H13NO/c1-3-7-4-5(2)6/h5H,3-4,6H2,1-2H3/p+1/t5-/m0/s1. The average molecular weight is 104 g/mol. The van der Waals surface area contributed by atoms with E-state index in [4.69, 9.17) is 4.74 Å². The summed E-state index contributed by atoms with van der Waals surface area (Å²) in [5.41, 5.74) is 3.75. The van der Waals surface area contributed by atoms with Gasteiger partial charge in [-0.05, 0) is 13.8 Å². The van der Waals surface area contributed by atoms with Crippen LogP contribution in [0.1, 0.15) is 13.8 Å². The molecule has 1 atom stereocenters. The Bertz CT molecular complexity index is 37.1. The van der Waals surface area contributed by atoms with E-state index in [0.29, 0.717) is 6.04 Å². The minimum absolute atomic E-state index is 0.431. The Morgan fingerprint density at radius 2 is 2.29 bits per heavy atom. The first-order valence-corrected chi connectivity index (χ1v) is 2.68. The van der Waals surface area contributed by atoms with Crippen molar-refractivity contribution >= 4 is 0 Å². The molecular formula is C5H14NO+. The van der Waals surface area contributed by atoms with E-state index in [1.165, 1.54) is 0 Å². The lowest BCUT2D eigenvalue weighted by Gasteiger charge is -1.98. The van der Waals surface area contributed by atoms with Gasteiger partial charge in [0.05, 0.1) is 6.61 Å². The molecule has 2 nitrogen and oxygen atoms in total. The maximum Gasteiger partial charge on any atom is 0.105 e. The predicted molar refractivity (Wildman–Crippen MR) is 28.8 cm³/mol. The molecule has 7 heavy (non-hydrogen) atoms. The van der Waals surface area contributed by atoms with Crippen molar-refractivity contribution in [3.8, 4) is 0 Å². The van der Waals surface area contributed by atoms with E-state index in [1.807, 2.05) is 13.8 Å². The molecule has 44 valence electrons. The van der Waals surface area contributed by atoms with Crippen molar-refractivity contribution in [1.82, 2.24) is 0 Å². The summed E-state index contributed by atoms with van der Waals surface area (Å²) in [5, 5.41) is 0. The van der Waals surface area contributed by atoms with E-state index in [2.05, 4.69) is 5.73 Å². The van der Waals surface area contributed by atoms with E-state index in [-0.39, 0.29) is 0 Å². The molecule has 0 aliphatic heterocycles. The van der Waals surface area contributed by atoms with Gasteiger partial charge in [-0.15, -0.1) is 0 Å². The maximum atomic E-state index is 5.03. The molecule has 0 spiro atoms. The van der Waals surface area contributed by atoms with Gasteiger partial charge in [0, 0.05) is 6.61 Å². The number of hydrogen-bond donors (Lipinski definition) is 1. The molecule has 0 fully saturated rings. The van der Waals surface area contributed by atoms with Crippen molar-refractivity contribution in [2.24, 2.45) is 0 Å². The van der Waals surface area contributed by atoms with Gasteiger partial charge in [-0.25, -0.2) is 0 Å². The summed E-state index contributed by atoms with van der Waals surface area (Å²) in [5.74, 6) is 0. The molecule has 0 bridgehead atoms. The molecule has 0 amide bonds. The predicted octanol–water partition coefficient (Wildman–Crippen LogP) is -0.347. The van der Waals surface area contributed by atoms with E-state index in [0.717, 1.165) is 13.2 Å². The third-order valence-corrected chi connectivity index (χ3v) is 0.606. The van der Waals surface area contributed by atoms with Gasteiger partial charge < -0.3 is 10.5 Å². The fourth-order valence-electron chi connectivity index (χ4n) is 0.319. The van der Waals surface area contributed by atoms with Gasteiger partial charge in [0.15, 0.2) is 0 Å². The Kier molecular flexibility index (Phi) is 4.04. The number of hydrogen-bond acceptors (Lipinski definition) is 1. The lowest BCUT2D eigenvalue weighted by molar-refractivity contribution is -0.420. The summed E-state index contributed by atoms with van der Waals surface area (Å²) in [6.45, 7) is 5.62. The van der Waals surface area contributed by atoms with Crippen LogP contribution >= 0.6 is 0 Å². The monoisotopic (exact) mass is 104 g/mol. The van der Waals surface area contributed by atoms with Crippen molar-refractivity contribution in [2.75, 3.05) is 13.2 Å². The van der Waals surface area contributed by atoms with E-state index < -0.39 is 0 Å². The molecular weight excluding hydrogens is 90.1 g/mol. The van der Waals surface area contributed by atoms with Crippen molar-refractivity contribution in [3.05, 3.63) is 0 Å². The Balaban J connectivity index is 2.68. The summed E-state index contributed by atoms with van der Waals surface area (Å²) < 4.78 is 5.03. The minimum atomic E-state index is 0.431. The molecule has 0 aromatic heterocycles. The van der Waals surface area contributed by atoms with Gasteiger partial charge >= 0.3 is 0 Å². The van der Waals surface area contributed by atoms with Crippen LogP contribution in [0.5, 0.6) is 0 Å². The molecule has 0 unspecified atom stereocenters. The number of quaternary nitrogens is 1. The van der Waals surface area contributed by atoms with Crippen LogP contribution in [-0.4, -0.2) is 19.3 Å². The Morgan fingerprint density at radius 3 is 2.43 bits per heavy atom. The van der Waals surface area contributed by atoms with Gasteiger partial charge in [0.1, 0.15) is 6.04 Å². The van der Waals surface area contributed by atoms with Gasteiger partial charge in [0.25, 0.3) is 0 Å². The number of ether oxygens (including phenoxy) is 1. The van der Waals surface area contributed by atoms with Crippen molar-refractivity contribution in [1.29, 1.82) is 0 Å². The average Bonchev–Trinajstić information content (AvgIpc) is 1.61. The van der Waals surface area contributed by atoms with Gasteiger partial charge in [0.2, 0.25) is 0 Å². The van der Waals surface area contributed by atoms with Crippen LogP contribution in [-0.2, 0) is 4.74 Å². The summed E-state index contributed by atoms with van der Waals surface area (Å²) in [6, 6.07) is 0.431. The molecule has 0 rings (SSSR count). The molecule has 0 saturated heterocycles. The number of rotatable bonds is 3. The smallest absolute Gasteiger partial charge is 0.105 e. The zero-order valence-corrected chi connectivity index (χ0v) is 5.11. The molecule has 0 aromatic carbocycles. The highest BCUT2D eigenvalue weighted by molar-refractivity contribution is 4.36. The molecule has 0 aromatic rings. The fraction of sp³-hybridized carbons (Fsp3) is 1.00. The van der Waals surface area contributed by atoms with Gasteiger partial charge in [-0.1, -0.05) is 0 Å². The topological polar surface area (TPSA) is 36.9 Å². The highest BCUT2D eigenvalue weighted by Gasteiger charge is 1.92. The Morgan fingerprint density at radius 1 is 1.71 bits per heavy atom. The van der Waals surface area contributed by atoms with Crippen LogP contribution in [0.25, 0.3) is 0 Å². The first-order valence-electron chi connectivity index (χ1n) is 2.68. The second-order valence-corrected chi connectivity index (χ2v) is 1.76. The van der Waals surface area contributed by atoms with E-state index in [1.54, 1.807) is 0 Å². The molecule has 2 heteroatoms. The summed E-state index contributed by atoms with van der Waals surface area (Å²) in [7, 11) is 0. The maximum absolute atomic E-state index is 5.03. The molecule has 0 saturated carbocycles. The van der Waals surface area contributed by atoms with Crippen LogP contribution in [0.15, 0.2) is 0 Å². The van der Waals surface area contributed by atoms with Gasteiger partial charge in [-0.3, -0.25) is 0 Å². The first-order chi connectivity index (χ1) is 3.27.